The molecule has 21 heavy (non-hydrogen) atoms. The van der Waals surface area contributed by atoms with Gasteiger partial charge >= 0.3 is 0 Å². The Morgan fingerprint density at radius 3 is 2.81 bits per heavy atom. The van der Waals surface area contributed by atoms with E-state index in [9.17, 15) is 9.59 Å². The molecule has 0 N–H and O–H groups in total. The minimum atomic E-state index is -0.0467. The molecule has 0 amide bonds. The van der Waals surface area contributed by atoms with E-state index in [0.717, 1.165) is 10.9 Å². The summed E-state index contributed by atoms with van der Waals surface area (Å²) in [5.74, 6) is 0.516. The van der Waals surface area contributed by atoms with E-state index in [0.29, 0.717) is 34.8 Å². The zero-order valence-electron chi connectivity index (χ0n) is 12.1. The minimum absolute atomic E-state index is 0.0467. The maximum atomic E-state index is 12.6. The van der Waals surface area contributed by atoms with Crippen LogP contribution < -0.4 is 5.56 Å². The van der Waals surface area contributed by atoms with Gasteiger partial charge in [-0.25, -0.2) is 4.98 Å². The lowest BCUT2D eigenvalue weighted by molar-refractivity contribution is -0.116. The molecule has 4 nitrogen and oxygen atoms in total. The first-order valence-corrected chi connectivity index (χ1v) is 8.69. The fourth-order valence-electron chi connectivity index (χ4n) is 1.95. The molecule has 0 fully saturated rings. The summed E-state index contributed by atoms with van der Waals surface area (Å²) in [6.45, 7) is 4.47. The van der Waals surface area contributed by atoms with E-state index in [1.54, 1.807) is 10.6 Å². The van der Waals surface area contributed by atoms with Crippen molar-refractivity contribution in [2.75, 3.05) is 5.75 Å². The Labute approximate surface area is 136 Å². The van der Waals surface area contributed by atoms with Gasteiger partial charge in [-0.15, -0.1) is 0 Å². The van der Waals surface area contributed by atoms with Crippen molar-refractivity contribution in [2.24, 2.45) is 0 Å². The molecule has 0 unspecified atom stereocenters. The highest BCUT2D eigenvalue weighted by atomic mass is 79.9. The predicted molar refractivity (Wildman–Crippen MR) is 90.0 cm³/mol. The van der Waals surface area contributed by atoms with E-state index in [-0.39, 0.29) is 11.3 Å². The van der Waals surface area contributed by atoms with Crippen molar-refractivity contribution in [3.63, 3.8) is 0 Å². The molecule has 2 aromatic rings. The summed E-state index contributed by atoms with van der Waals surface area (Å²) >= 11 is 4.73. The van der Waals surface area contributed by atoms with Crippen molar-refractivity contribution < 1.29 is 4.79 Å². The average Bonchev–Trinajstić information content (AvgIpc) is 2.48. The number of aromatic nitrogens is 2. The van der Waals surface area contributed by atoms with Gasteiger partial charge < -0.3 is 0 Å². The number of benzene rings is 1. The first-order valence-electron chi connectivity index (χ1n) is 6.91. The van der Waals surface area contributed by atoms with Crippen LogP contribution in [0, 0.1) is 0 Å². The lowest BCUT2D eigenvalue weighted by atomic mass is 10.2. The average molecular weight is 369 g/mol. The molecule has 0 atom stereocenters. The number of hydrogen-bond donors (Lipinski definition) is 0. The first-order chi connectivity index (χ1) is 10.1. The van der Waals surface area contributed by atoms with E-state index in [4.69, 9.17) is 0 Å². The molecule has 2 rings (SSSR count). The van der Waals surface area contributed by atoms with E-state index in [2.05, 4.69) is 20.9 Å². The van der Waals surface area contributed by atoms with E-state index < -0.39 is 0 Å². The van der Waals surface area contributed by atoms with Crippen molar-refractivity contribution in [1.29, 1.82) is 0 Å². The van der Waals surface area contributed by atoms with E-state index in [1.165, 1.54) is 11.8 Å². The summed E-state index contributed by atoms with van der Waals surface area (Å²) in [5.41, 5.74) is 0.622. The number of carbonyl (C=O) groups is 1. The van der Waals surface area contributed by atoms with Gasteiger partial charge in [0, 0.05) is 17.4 Å². The normalized spacial score (nSPS) is 11.0. The molecule has 1 aromatic carbocycles. The third kappa shape index (κ3) is 3.74. The lowest BCUT2D eigenvalue weighted by Crippen LogP contribution is -2.23. The van der Waals surface area contributed by atoms with Gasteiger partial charge in [0.1, 0.15) is 5.78 Å². The number of rotatable bonds is 6. The van der Waals surface area contributed by atoms with E-state index >= 15 is 0 Å². The molecular formula is C15H17BrN2O2S. The fraction of sp³-hybridized carbons (Fsp3) is 0.400. The van der Waals surface area contributed by atoms with Crippen LogP contribution in [0.15, 0.2) is 32.6 Å². The number of thioether (sulfide) groups is 1. The molecule has 0 saturated heterocycles. The monoisotopic (exact) mass is 368 g/mol. The summed E-state index contributed by atoms with van der Waals surface area (Å²) < 4.78 is 2.53. The SMILES string of the molecule is CCCn1c(SCC(=O)CC)nc2ccc(Br)cc2c1=O. The van der Waals surface area contributed by atoms with Gasteiger partial charge in [-0.05, 0) is 24.6 Å². The van der Waals surface area contributed by atoms with Gasteiger partial charge in [0.2, 0.25) is 0 Å². The van der Waals surface area contributed by atoms with Gasteiger partial charge in [-0.3, -0.25) is 14.2 Å². The number of carbonyl (C=O) groups excluding carboxylic acids is 1. The second-order valence-electron chi connectivity index (χ2n) is 4.69. The molecule has 0 bridgehead atoms. The highest BCUT2D eigenvalue weighted by molar-refractivity contribution is 9.10. The van der Waals surface area contributed by atoms with Crippen LogP contribution in [-0.2, 0) is 11.3 Å². The van der Waals surface area contributed by atoms with Crippen LogP contribution in [0.25, 0.3) is 10.9 Å². The maximum Gasteiger partial charge on any atom is 0.262 e. The molecule has 1 heterocycles. The molecule has 0 aliphatic heterocycles. The van der Waals surface area contributed by atoms with Crippen molar-refractivity contribution in [3.05, 3.63) is 33.0 Å². The Hall–Kier alpha value is -1.14. The van der Waals surface area contributed by atoms with Crippen LogP contribution in [0.3, 0.4) is 0 Å². The number of nitrogens with zero attached hydrogens (tertiary/aromatic N) is 2. The van der Waals surface area contributed by atoms with Gasteiger partial charge in [0.05, 0.1) is 16.7 Å². The molecule has 0 saturated carbocycles. The Balaban J connectivity index is 2.52. The fourth-order valence-corrected chi connectivity index (χ4v) is 3.30. The number of ketones is 1. The Kier molecular flexibility index (Phi) is 5.58. The van der Waals surface area contributed by atoms with Crippen LogP contribution in [0.5, 0.6) is 0 Å². The molecule has 0 aliphatic rings. The Bertz CT molecular complexity index is 727. The zero-order valence-corrected chi connectivity index (χ0v) is 14.5. The highest BCUT2D eigenvalue weighted by Crippen LogP contribution is 2.21. The highest BCUT2D eigenvalue weighted by Gasteiger charge is 2.12. The number of halogens is 1. The van der Waals surface area contributed by atoms with Crippen LogP contribution in [0.1, 0.15) is 26.7 Å². The van der Waals surface area contributed by atoms with Crippen molar-refractivity contribution in [2.45, 2.75) is 38.4 Å². The number of hydrogen-bond acceptors (Lipinski definition) is 4. The van der Waals surface area contributed by atoms with Crippen molar-refractivity contribution in [1.82, 2.24) is 9.55 Å². The Morgan fingerprint density at radius 2 is 2.14 bits per heavy atom. The third-order valence-electron chi connectivity index (χ3n) is 3.08. The van der Waals surface area contributed by atoms with Crippen LogP contribution >= 0.6 is 27.7 Å². The summed E-state index contributed by atoms with van der Waals surface area (Å²) in [4.78, 5) is 28.7. The molecule has 1 aromatic heterocycles. The van der Waals surface area contributed by atoms with Crippen molar-refractivity contribution >= 4 is 44.4 Å². The summed E-state index contributed by atoms with van der Waals surface area (Å²) in [6.07, 6.45) is 1.35. The molecular weight excluding hydrogens is 352 g/mol. The molecule has 6 heteroatoms. The zero-order chi connectivity index (χ0) is 15.4. The number of Topliss-reactive ketones (excluding diaryl/α,β-unsaturated/α-hetero) is 1. The van der Waals surface area contributed by atoms with Crippen LogP contribution in [0.4, 0.5) is 0 Å². The first kappa shape index (κ1) is 16.2. The summed E-state index contributed by atoms with van der Waals surface area (Å²) in [5, 5.41) is 1.22. The molecule has 0 spiro atoms. The minimum Gasteiger partial charge on any atom is -0.299 e. The maximum absolute atomic E-state index is 12.6. The van der Waals surface area contributed by atoms with Crippen LogP contribution in [0.2, 0.25) is 0 Å². The third-order valence-corrected chi connectivity index (χ3v) is 4.61. The lowest BCUT2D eigenvalue weighted by Gasteiger charge is -2.12. The van der Waals surface area contributed by atoms with Gasteiger partial charge in [-0.2, -0.15) is 0 Å². The van der Waals surface area contributed by atoms with Gasteiger partial charge in [0.25, 0.3) is 5.56 Å². The molecule has 0 radical (unpaired) electrons. The van der Waals surface area contributed by atoms with Crippen LogP contribution in [-0.4, -0.2) is 21.1 Å². The largest absolute Gasteiger partial charge is 0.299 e. The van der Waals surface area contributed by atoms with E-state index in [1.807, 2.05) is 26.0 Å². The van der Waals surface area contributed by atoms with Gasteiger partial charge in [-0.1, -0.05) is 41.5 Å². The van der Waals surface area contributed by atoms with Gasteiger partial charge in [0.15, 0.2) is 5.16 Å². The van der Waals surface area contributed by atoms with Crippen molar-refractivity contribution in [3.8, 4) is 0 Å². The smallest absolute Gasteiger partial charge is 0.262 e. The second kappa shape index (κ2) is 7.22. The molecule has 0 aliphatic carbocycles. The summed E-state index contributed by atoms with van der Waals surface area (Å²) in [6, 6.07) is 5.48. The predicted octanol–water partition coefficient (Wildman–Crippen LogP) is 3.64. The topological polar surface area (TPSA) is 52.0 Å². The Morgan fingerprint density at radius 1 is 1.38 bits per heavy atom. The number of fused-ring (bicyclic) bond motifs is 1. The summed E-state index contributed by atoms with van der Waals surface area (Å²) in [7, 11) is 0. The standard InChI is InChI=1S/C15H17BrN2O2S/c1-3-7-18-14(20)12-8-10(16)5-6-13(12)17-15(18)21-9-11(19)4-2/h5-6,8H,3-4,7,9H2,1-2H3. The second-order valence-corrected chi connectivity index (χ2v) is 6.55. The quantitative estimate of drug-likeness (QED) is 0.576. The molecule has 112 valence electrons.